The normalized spacial score (nSPS) is 21.4. The van der Waals surface area contributed by atoms with Gasteiger partial charge < -0.3 is 15.7 Å². The van der Waals surface area contributed by atoms with E-state index in [4.69, 9.17) is 0 Å². The summed E-state index contributed by atoms with van der Waals surface area (Å²) >= 11 is 0. The largest absolute Gasteiger partial charge is 0.417 e. The van der Waals surface area contributed by atoms with Crippen LogP contribution in [0.3, 0.4) is 0 Å². The molecule has 7 nitrogen and oxygen atoms in total. The molecule has 0 saturated heterocycles. The van der Waals surface area contributed by atoms with E-state index >= 15 is 0 Å². The maximum atomic E-state index is 13.4. The summed E-state index contributed by atoms with van der Waals surface area (Å²) in [6.07, 6.45) is 1.01. The number of nitriles is 1. The second-order valence-electron chi connectivity index (χ2n) is 8.30. The Morgan fingerprint density at radius 1 is 1.35 bits per heavy atom. The number of nitrogens with one attached hydrogen (secondary N) is 2. The average molecular weight is 435 g/mol. The molecular formula is C21H26F3N6O+. The van der Waals surface area contributed by atoms with E-state index in [1.54, 1.807) is 25.5 Å². The Labute approximate surface area is 179 Å². The van der Waals surface area contributed by atoms with Crippen molar-refractivity contribution in [3.05, 3.63) is 40.8 Å². The highest BCUT2D eigenvalue weighted by atomic mass is 19.4. The van der Waals surface area contributed by atoms with Crippen molar-refractivity contribution >= 4 is 11.8 Å². The van der Waals surface area contributed by atoms with Crippen molar-refractivity contribution in [1.82, 2.24) is 9.97 Å². The molecule has 2 heterocycles. The highest BCUT2D eigenvalue weighted by Gasteiger charge is 2.35. The van der Waals surface area contributed by atoms with Gasteiger partial charge in [-0.15, -0.1) is 0 Å². The van der Waals surface area contributed by atoms with Crippen molar-refractivity contribution in [1.29, 1.82) is 5.26 Å². The predicted molar refractivity (Wildman–Crippen MR) is 108 cm³/mol. The minimum absolute atomic E-state index is 0.0445. The van der Waals surface area contributed by atoms with Crippen LogP contribution in [-0.4, -0.2) is 26.7 Å². The SMILES string of the molecule is Cc1cc(C(F)(F)F)c(CNc2ncc(C#N)c(N[C@H]3CC[C@@](C)(O)CC3)n2)c[n+]1C. The van der Waals surface area contributed by atoms with E-state index in [0.29, 0.717) is 24.4 Å². The highest BCUT2D eigenvalue weighted by molar-refractivity contribution is 5.54. The summed E-state index contributed by atoms with van der Waals surface area (Å²) in [5.74, 6) is 0.456. The molecule has 2 aromatic rings. The Hall–Kier alpha value is -2.93. The second kappa shape index (κ2) is 8.67. The van der Waals surface area contributed by atoms with Gasteiger partial charge in [-0.3, -0.25) is 0 Å². The van der Waals surface area contributed by atoms with Crippen molar-refractivity contribution in [2.45, 2.75) is 63.9 Å². The smallest absolute Gasteiger partial charge is 0.390 e. The fourth-order valence-corrected chi connectivity index (χ4v) is 3.62. The van der Waals surface area contributed by atoms with Gasteiger partial charge in [-0.25, -0.2) is 9.55 Å². The van der Waals surface area contributed by atoms with Crippen molar-refractivity contribution in [2.24, 2.45) is 7.05 Å². The number of aromatic nitrogens is 3. The molecule has 3 N–H and O–H groups in total. The lowest BCUT2D eigenvalue weighted by atomic mass is 9.83. The van der Waals surface area contributed by atoms with Gasteiger partial charge in [-0.1, -0.05) is 0 Å². The summed E-state index contributed by atoms with van der Waals surface area (Å²) in [6.45, 7) is 3.29. The van der Waals surface area contributed by atoms with Gasteiger partial charge in [0.15, 0.2) is 11.9 Å². The molecule has 0 aromatic carbocycles. The van der Waals surface area contributed by atoms with Crippen LogP contribution in [0.1, 0.15) is 55.0 Å². The molecule has 31 heavy (non-hydrogen) atoms. The summed E-state index contributed by atoms with van der Waals surface area (Å²) in [5.41, 5.74) is -0.590. The number of anilines is 2. The quantitative estimate of drug-likeness (QED) is 0.624. The molecule has 0 unspecified atom stereocenters. The van der Waals surface area contributed by atoms with E-state index in [1.807, 2.05) is 6.07 Å². The highest BCUT2D eigenvalue weighted by Crippen LogP contribution is 2.32. The number of halogens is 3. The zero-order valence-electron chi connectivity index (χ0n) is 17.7. The van der Waals surface area contributed by atoms with Crippen LogP contribution >= 0.6 is 0 Å². The van der Waals surface area contributed by atoms with Crippen molar-refractivity contribution < 1.29 is 22.8 Å². The van der Waals surface area contributed by atoms with Crippen LogP contribution in [-0.2, 0) is 19.8 Å². The molecule has 0 spiro atoms. The van der Waals surface area contributed by atoms with Gasteiger partial charge >= 0.3 is 6.18 Å². The number of aliphatic hydroxyl groups is 1. The summed E-state index contributed by atoms with van der Waals surface area (Å²) in [7, 11) is 1.68. The van der Waals surface area contributed by atoms with Crippen LogP contribution in [0.5, 0.6) is 0 Å². The number of hydrogen-bond donors (Lipinski definition) is 3. The first kappa shape index (κ1) is 22.7. The number of rotatable bonds is 5. The molecule has 0 amide bonds. The Morgan fingerprint density at radius 2 is 2.03 bits per heavy atom. The lowest BCUT2D eigenvalue weighted by molar-refractivity contribution is -0.678. The van der Waals surface area contributed by atoms with Gasteiger partial charge in [0.05, 0.1) is 17.4 Å². The third kappa shape index (κ3) is 5.61. The predicted octanol–water partition coefficient (Wildman–Crippen LogP) is 3.22. The molecule has 1 fully saturated rings. The third-order valence-electron chi connectivity index (χ3n) is 5.66. The van der Waals surface area contributed by atoms with Crippen LogP contribution in [0, 0.1) is 18.3 Å². The lowest BCUT2D eigenvalue weighted by Crippen LogP contribution is -2.36. The molecule has 0 atom stereocenters. The zero-order chi connectivity index (χ0) is 22.8. The van der Waals surface area contributed by atoms with E-state index in [1.165, 1.54) is 12.4 Å². The summed E-state index contributed by atoms with van der Waals surface area (Å²) in [5, 5.41) is 25.5. The number of aryl methyl sites for hydroxylation is 2. The van der Waals surface area contributed by atoms with E-state index in [2.05, 4.69) is 20.6 Å². The monoisotopic (exact) mass is 435 g/mol. The van der Waals surface area contributed by atoms with Crippen molar-refractivity contribution in [3.8, 4) is 6.07 Å². The minimum Gasteiger partial charge on any atom is -0.390 e. The Kier molecular flexibility index (Phi) is 6.36. The van der Waals surface area contributed by atoms with Gasteiger partial charge in [-0.2, -0.15) is 23.4 Å². The lowest BCUT2D eigenvalue weighted by Gasteiger charge is -2.33. The van der Waals surface area contributed by atoms with E-state index < -0.39 is 17.3 Å². The Balaban J connectivity index is 1.77. The zero-order valence-corrected chi connectivity index (χ0v) is 17.7. The number of nitrogens with zero attached hydrogens (tertiary/aromatic N) is 4. The first-order chi connectivity index (χ1) is 14.5. The maximum Gasteiger partial charge on any atom is 0.417 e. The number of pyridine rings is 1. The van der Waals surface area contributed by atoms with Crippen LogP contribution in [0.2, 0.25) is 0 Å². The first-order valence-electron chi connectivity index (χ1n) is 10.0. The molecule has 0 bridgehead atoms. The maximum absolute atomic E-state index is 13.4. The second-order valence-corrected chi connectivity index (χ2v) is 8.30. The van der Waals surface area contributed by atoms with Gasteiger partial charge in [0.25, 0.3) is 0 Å². The summed E-state index contributed by atoms with van der Waals surface area (Å²) in [4.78, 5) is 8.37. The molecule has 10 heteroatoms. The Morgan fingerprint density at radius 3 is 2.65 bits per heavy atom. The van der Waals surface area contributed by atoms with Crippen molar-refractivity contribution in [3.63, 3.8) is 0 Å². The molecular weight excluding hydrogens is 409 g/mol. The molecule has 0 aliphatic heterocycles. The van der Waals surface area contributed by atoms with Gasteiger partial charge in [-0.05, 0) is 32.6 Å². The summed E-state index contributed by atoms with van der Waals surface area (Å²) < 4.78 is 41.9. The molecule has 166 valence electrons. The van der Waals surface area contributed by atoms with Gasteiger partial charge in [0.2, 0.25) is 5.95 Å². The van der Waals surface area contributed by atoms with Crippen molar-refractivity contribution in [2.75, 3.05) is 10.6 Å². The van der Waals surface area contributed by atoms with E-state index in [0.717, 1.165) is 18.9 Å². The minimum atomic E-state index is -4.48. The van der Waals surface area contributed by atoms with Crippen LogP contribution in [0.4, 0.5) is 24.9 Å². The fourth-order valence-electron chi connectivity index (χ4n) is 3.62. The molecule has 2 aromatic heterocycles. The number of hydrogen-bond acceptors (Lipinski definition) is 6. The first-order valence-corrected chi connectivity index (χ1v) is 10.0. The van der Waals surface area contributed by atoms with Crippen LogP contribution in [0.15, 0.2) is 18.5 Å². The molecule has 0 radical (unpaired) electrons. The molecule has 3 rings (SSSR count). The molecule has 1 aliphatic rings. The van der Waals surface area contributed by atoms with Crippen LogP contribution in [0.25, 0.3) is 0 Å². The van der Waals surface area contributed by atoms with E-state index in [9.17, 15) is 23.5 Å². The molecule has 1 saturated carbocycles. The van der Waals surface area contributed by atoms with Gasteiger partial charge in [0.1, 0.15) is 24.5 Å². The summed E-state index contributed by atoms with van der Waals surface area (Å²) in [6, 6.07) is 3.19. The number of alkyl halides is 3. The third-order valence-corrected chi connectivity index (χ3v) is 5.66. The standard InChI is InChI=1S/C21H26F3N6O/c1-13-8-17(21(22,23)24)15(12-30(13)3)11-27-19-26-10-14(9-25)18(29-19)28-16-4-6-20(2,31)7-5-16/h8,10,12,16,31H,4-7,11H2,1-3H3,(H2,26,27,28,29)/q+1/t16-,20+. The Bertz CT molecular complexity index is 990. The van der Waals surface area contributed by atoms with Gasteiger partial charge in [0, 0.05) is 31.1 Å². The fraction of sp³-hybridized carbons (Fsp3) is 0.524. The average Bonchev–Trinajstić information content (AvgIpc) is 2.69. The van der Waals surface area contributed by atoms with E-state index in [-0.39, 0.29) is 29.7 Å². The molecule has 1 aliphatic carbocycles. The van der Waals surface area contributed by atoms with Crippen LogP contribution < -0.4 is 15.2 Å². The topological polar surface area (TPSA) is 97.7 Å².